The quantitative estimate of drug-likeness (QED) is 0.336. The predicted octanol–water partition coefficient (Wildman–Crippen LogP) is 4.47. The monoisotopic (exact) mass is 589 g/mol. The Kier molecular flexibility index (Phi) is 10.0. The standard InChI is InChI=1S/C33H39N3O5S/c37-31(20-17-26-15-18-30(19-16-26)42(39,40)35-21-7-8-22-35)36(25-27-10-3-1-4-11-27)32(28-12-5-2-6-13-28)33(38)34-24-29-14-9-23-41-29/h1-6,10-13,15-16,18-19,29,32H,7-9,14,17,20-25H2,(H,34,38)/t29-,32-/m0/s1. The summed E-state index contributed by atoms with van der Waals surface area (Å²) < 4.78 is 33.0. The summed E-state index contributed by atoms with van der Waals surface area (Å²) in [6.07, 6.45) is 4.24. The minimum atomic E-state index is -3.49. The van der Waals surface area contributed by atoms with Crippen LogP contribution < -0.4 is 5.32 Å². The highest BCUT2D eigenvalue weighted by Crippen LogP contribution is 2.26. The van der Waals surface area contributed by atoms with Gasteiger partial charge in [0.2, 0.25) is 21.8 Å². The second kappa shape index (κ2) is 14.1. The van der Waals surface area contributed by atoms with Crippen molar-refractivity contribution in [3.63, 3.8) is 0 Å². The molecule has 3 aromatic rings. The number of amides is 2. The second-order valence-corrected chi connectivity index (χ2v) is 12.9. The molecule has 0 unspecified atom stereocenters. The molecule has 2 heterocycles. The number of nitrogens with one attached hydrogen (secondary N) is 1. The third-order valence-corrected chi connectivity index (χ3v) is 9.89. The number of carbonyl (C=O) groups excluding carboxylic acids is 2. The van der Waals surface area contributed by atoms with Crippen molar-refractivity contribution in [1.29, 1.82) is 0 Å². The van der Waals surface area contributed by atoms with Crippen LogP contribution in [0.25, 0.3) is 0 Å². The fraction of sp³-hybridized carbons (Fsp3) is 0.394. The third-order valence-electron chi connectivity index (χ3n) is 7.97. The summed E-state index contributed by atoms with van der Waals surface area (Å²) in [6.45, 7) is 2.49. The Morgan fingerprint density at radius 1 is 0.881 bits per heavy atom. The number of ether oxygens (including phenoxy) is 1. The summed E-state index contributed by atoms with van der Waals surface area (Å²) in [5, 5.41) is 3.04. The van der Waals surface area contributed by atoms with Crippen LogP contribution >= 0.6 is 0 Å². The van der Waals surface area contributed by atoms with E-state index in [2.05, 4.69) is 5.32 Å². The van der Waals surface area contributed by atoms with Crippen molar-refractivity contribution in [1.82, 2.24) is 14.5 Å². The minimum absolute atomic E-state index is 0.0131. The Morgan fingerprint density at radius 2 is 1.55 bits per heavy atom. The summed E-state index contributed by atoms with van der Waals surface area (Å²) in [7, 11) is -3.49. The van der Waals surface area contributed by atoms with Gasteiger partial charge in [-0.25, -0.2) is 8.42 Å². The smallest absolute Gasteiger partial charge is 0.247 e. The van der Waals surface area contributed by atoms with Gasteiger partial charge in [0.25, 0.3) is 0 Å². The molecular weight excluding hydrogens is 550 g/mol. The molecular formula is C33H39N3O5S. The lowest BCUT2D eigenvalue weighted by Crippen LogP contribution is -2.45. The molecule has 9 heteroatoms. The number of hydrogen-bond acceptors (Lipinski definition) is 5. The Balaban J connectivity index is 1.34. The van der Waals surface area contributed by atoms with Crippen LogP contribution in [-0.4, -0.2) is 61.8 Å². The number of rotatable bonds is 12. The topological polar surface area (TPSA) is 96.0 Å². The fourth-order valence-corrected chi connectivity index (χ4v) is 7.15. The van der Waals surface area contributed by atoms with Crippen LogP contribution in [0.4, 0.5) is 0 Å². The molecule has 1 N–H and O–H groups in total. The van der Waals surface area contributed by atoms with Crippen LogP contribution in [0, 0.1) is 0 Å². The Morgan fingerprint density at radius 3 is 2.19 bits per heavy atom. The lowest BCUT2D eigenvalue weighted by molar-refractivity contribution is -0.141. The number of hydrogen-bond donors (Lipinski definition) is 1. The molecule has 2 aliphatic rings. The van der Waals surface area contributed by atoms with Gasteiger partial charge < -0.3 is 15.0 Å². The van der Waals surface area contributed by atoms with E-state index in [4.69, 9.17) is 4.74 Å². The van der Waals surface area contributed by atoms with Gasteiger partial charge >= 0.3 is 0 Å². The van der Waals surface area contributed by atoms with Gasteiger partial charge in [-0.15, -0.1) is 0 Å². The third kappa shape index (κ3) is 7.45. The Hall–Kier alpha value is -3.53. The van der Waals surface area contributed by atoms with Crippen LogP contribution in [0.2, 0.25) is 0 Å². The van der Waals surface area contributed by atoms with Crippen LogP contribution in [0.15, 0.2) is 89.8 Å². The number of nitrogens with zero attached hydrogens (tertiary/aromatic N) is 2. The zero-order valence-corrected chi connectivity index (χ0v) is 24.7. The average molecular weight is 590 g/mol. The van der Waals surface area contributed by atoms with Crippen molar-refractivity contribution in [2.45, 2.75) is 62.1 Å². The van der Waals surface area contributed by atoms with E-state index in [1.54, 1.807) is 29.2 Å². The molecule has 8 nitrogen and oxygen atoms in total. The van der Waals surface area contributed by atoms with Crippen molar-refractivity contribution >= 4 is 21.8 Å². The summed E-state index contributed by atoms with van der Waals surface area (Å²) in [4.78, 5) is 29.6. The fourth-order valence-electron chi connectivity index (χ4n) is 5.63. The highest BCUT2D eigenvalue weighted by atomic mass is 32.2. The molecule has 42 heavy (non-hydrogen) atoms. The van der Waals surface area contributed by atoms with Gasteiger partial charge in [0.1, 0.15) is 6.04 Å². The van der Waals surface area contributed by atoms with E-state index in [9.17, 15) is 18.0 Å². The molecule has 5 rings (SSSR count). The van der Waals surface area contributed by atoms with E-state index < -0.39 is 16.1 Å². The molecule has 0 saturated carbocycles. The minimum Gasteiger partial charge on any atom is -0.376 e. The number of aryl methyl sites for hydroxylation is 1. The number of carbonyl (C=O) groups is 2. The van der Waals surface area contributed by atoms with Gasteiger partial charge in [0.05, 0.1) is 11.0 Å². The lowest BCUT2D eigenvalue weighted by Gasteiger charge is -2.32. The molecule has 0 radical (unpaired) electrons. The highest BCUT2D eigenvalue weighted by molar-refractivity contribution is 7.89. The average Bonchev–Trinajstić information content (AvgIpc) is 3.75. The normalized spacial score (nSPS) is 18.0. The summed E-state index contributed by atoms with van der Waals surface area (Å²) in [5.41, 5.74) is 2.53. The first-order valence-corrected chi connectivity index (χ1v) is 16.2. The van der Waals surface area contributed by atoms with E-state index in [0.717, 1.165) is 42.4 Å². The maximum absolute atomic E-state index is 13.9. The second-order valence-electron chi connectivity index (χ2n) is 11.0. The van der Waals surface area contributed by atoms with Crippen molar-refractivity contribution in [2.75, 3.05) is 26.2 Å². The van der Waals surface area contributed by atoms with Crippen LogP contribution in [0.1, 0.15) is 54.8 Å². The van der Waals surface area contributed by atoms with Crippen molar-refractivity contribution in [3.05, 3.63) is 102 Å². The van der Waals surface area contributed by atoms with Gasteiger partial charge in [-0.3, -0.25) is 9.59 Å². The van der Waals surface area contributed by atoms with Gasteiger partial charge in [-0.1, -0.05) is 72.8 Å². The number of sulfonamides is 1. The van der Waals surface area contributed by atoms with E-state index >= 15 is 0 Å². The molecule has 2 amide bonds. The lowest BCUT2D eigenvalue weighted by atomic mass is 10.0. The van der Waals surface area contributed by atoms with E-state index in [1.807, 2.05) is 60.7 Å². The summed E-state index contributed by atoms with van der Waals surface area (Å²) >= 11 is 0. The molecule has 222 valence electrons. The maximum atomic E-state index is 13.9. The molecule has 0 aliphatic carbocycles. The maximum Gasteiger partial charge on any atom is 0.247 e. The SMILES string of the molecule is O=C(NC[C@@H]1CCCO1)[C@H](c1ccccc1)N(Cc1ccccc1)C(=O)CCc1ccc(S(=O)(=O)N2CCCC2)cc1. The summed E-state index contributed by atoms with van der Waals surface area (Å²) in [6, 6.07) is 25.1. The van der Waals surface area contributed by atoms with Gasteiger partial charge in [-0.2, -0.15) is 4.31 Å². The first-order chi connectivity index (χ1) is 20.4. The highest BCUT2D eigenvalue weighted by Gasteiger charge is 2.32. The van der Waals surface area contributed by atoms with Crippen LogP contribution in [0.3, 0.4) is 0 Å². The molecule has 0 bridgehead atoms. The van der Waals surface area contributed by atoms with E-state index in [1.165, 1.54) is 4.31 Å². The Bertz CT molecular complexity index is 1420. The van der Waals surface area contributed by atoms with Crippen LogP contribution in [-0.2, 0) is 37.3 Å². The molecule has 3 aromatic carbocycles. The molecule has 0 aromatic heterocycles. The molecule has 2 atom stereocenters. The zero-order chi connectivity index (χ0) is 29.4. The van der Waals surface area contributed by atoms with Crippen molar-refractivity contribution in [3.8, 4) is 0 Å². The molecule has 2 saturated heterocycles. The molecule has 2 aliphatic heterocycles. The largest absolute Gasteiger partial charge is 0.376 e. The van der Waals surface area contributed by atoms with E-state index in [-0.39, 0.29) is 35.8 Å². The Labute approximate surface area is 248 Å². The number of benzene rings is 3. The first kappa shape index (κ1) is 29.9. The van der Waals surface area contributed by atoms with E-state index in [0.29, 0.717) is 32.7 Å². The van der Waals surface area contributed by atoms with Crippen molar-refractivity contribution in [2.24, 2.45) is 0 Å². The predicted molar refractivity (Wildman–Crippen MR) is 161 cm³/mol. The molecule has 2 fully saturated rings. The van der Waals surface area contributed by atoms with Gasteiger partial charge in [0.15, 0.2) is 0 Å². The molecule has 0 spiro atoms. The summed E-state index contributed by atoms with van der Waals surface area (Å²) in [5.74, 6) is -0.397. The van der Waals surface area contributed by atoms with Crippen molar-refractivity contribution < 1.29 is 22.7 Å². The van der Waals surface area contributed by atoms with Gasteiger partial charge in [-0.05, 0) is 60.9 Å². The zero-order valence-electron chi connectivity index (χ0n) is 23.9. The first-order valence-electron chi connectivity index (χ1n) is 14.8. The van der Waals surface area contributed by atoms with Crippen LogP contribution in [0.5, 0.6) is 0 Å². The van der Waals surface area contributed by atoms with Gasteiger partial charge in [0, 0.05) is 39.2 Å².